The molecule has 54 valence electrons. The Morgan fingerprint density at radius 2 is 1.70 bits per heavy atom. The first-order valence-corrected chi connectivity index (χ1v) is 2.84. The van der Waals surface area contributed by atoms with Gasteiger partial charge in [0.1, 0.15) is 0 Å². The molecule has 1 fully saturated rings. The summed E-state index contributed by atoms with van der Waals surface area (Å²) >= 11 is 0. The van der Waals surface area contributed by atoms with Crippen LogP contribution < -0.4 is 0 Å². The maximum atomic E-state index is 12.1. The summed E-state index contributed by atoms with van der Waals surface area (Å²) in [5, 5.41) is 0. The molecule has 0 aromatic heterocycles. The van der Waals surface area contributed by atoms with Crippen molar-refractivity contribution >= 4 is 0 Å². The molecule has 1 heterocycles. The minimum absolute atomic E-state index is 0.157. The Kier molecular flexibility index (Phi) is 0.859. The summed E-state index contributed by atoms with van der Waals surface area (Å²) in [7, 11) is 0. The van der Waals surface area contributed by atoms with E-state index in [0.29, 0.717) is 6.42 Å². The first kappa shape index (κ1) is 5.70. The normalized spacial score (nSPS) is 26.2. The molecule has 4 heteroatoms. The fourth-order valence-electron chi connectivity index (χ4n) is 0.935. The predicted molar refractivity (Wildman–Crippen MR) is 27.9 cm³/mol. The van der Waals surface area contributed by atoms with Crippen molar-refractivity contribution in [2.75, 3.05) is 0 Å². The standard InChI is InChI=1S/C6H4F2O2/c7-6(8)9-4-2-1-3-5(4)10-6/h2-3H,1H2. The lowest BCUT2D eigenvalue weighted by Gasteiger charge is -2.03. The van der Waals surface area contributed by atoms with Gasteiger partial charge in [0.05, 0.1) is 0 Å². The molecule has 0 aromatic rings. The Morgan fingerprint density at radius 3 is 2.20 bits per heavy atom. The Hall–Kier alpha value is -1.06. The Labute approximate surface area is 55.7 Å². The highest BCUT2D eigenvalue weighted by Gasteiger charge is 2.46. The third kappa shape index (κ3) is 0.683. The second-order valence-corrected chi connectivity index (χ2v) is 2.04. The molecular weight excluding hydrogens is 142 g/mol. The van der Waals surface area contributed by atoms with Gasteiger partial charge in [0.25, 0.3) is 0 Å². The van der Waals surface area contributed by atoms with Crippen LogP contribution in [0.2, 0.25) is 0 Å². The number of ether oxygens (including phenoxy) is 2. The van der Waals surface area contributed by atoms with Gasteiger partial charge in [0, 0.05) is 0 Å². The molecule has 0 saturated carbocycles. The third-order valence-electron chi connectivity index (χ3n) is 1.31. The number of hydrogen-bond donors (Lipinski definition) is 0. The van der Waals surface area contributed by atoms with E-state index in [9.17, 15) is 8.78 Å². The van der Waals surface area contributed by atoms with Gasteiger partial charge in [-0.3, -0.25) is 0 Å². The molecule has 0 aromatic carbocycles. The molecule has 0 N–H and O–H groups in total. The second-order valence-electron chi connectivity index (χ2n) is 2.04. The van der Waals surface area contributed by atoms with Crippen LogP contribution >= 0.6 is 0 Å². The van der Waals surface area contributed by atoms with Crippen molar-refractivity contribution < 1.29 is 18.3 Å². The molecule has 0 amide bonds. The first-order chi connectivity index (χ1) is 4.67. The highest BCUT2D eigenvalue weighted by atomic mass is 19.3. The third-order valence-corrected chi connectivity index (χ3v) is 1.31. The summed E-state index contributed by atoms with van der Waals surface area (Å²) in [6, 6.07) is 0. The molecule has 2 aliphatic rings. The van der Waals surface area contributed by atoms with Crippen molar-refractivity contribution in [3.8, 4) is 0 Å². The average molecular weight is 146 g/mol. The molecule has 0 radical (unpaired) electrons. The van der Waals surface area contributed by atoms with Gasteiger partial charge in [0.15, 0.2) is 11.5 Å². The molecule has 0 bridgehead atoms. The van der Waals surface area contributed by atoms with Crippen LogP contribution in [0.5, 0.6) is 0 Å². The van der Waals surface area contributed by atoms with Crippen molar-refractivity contribution in [2.24, 2.45) is 0 Å². The molecule has 2 nitrogen and oxygen atoms in total. The maximum Gasteiger partial charge on any atom is 0.586 e. The van der Waals surface area contributed by atoms with Crippen molar-refractivity contribution in [3.05, 3.63) is 23.7 Å². The van der Waals surface area contributed by atoms with Crippen LogP contribution in [0.3, 0.4) is 0 Å². The van der Waals surface area contributed by atoms with Gasteiger partial charge in [-0.15, -0.1) is 8.78 Å². The van der Waals surface area contributed by atoms with Gasteiger partial charge in [0.2, 0.25) is 0 Å². The van der Waals surface area contributed by atoms with Gasteiger partial charge in [-0.05, 0) is 18.6 Å². The topological polar surface area (TPSA) is 18.5 Å². The van der Waals surface area contributed by atoms with E-state index in [4.69, 9.17) is 0 Å². The molecule has 0 atom stereocenters. The van der Waals surface area contributed by atoms with E-state index in [0.717, 1.165) is 0 Å². The van der Waals surface area contributed by atoms with E-state index in [1.807, 2.05) is 0 Å². The van der Waals surface area contributed by atoms with Gasteiger partial charge >= 0.3 is 6.29 Å². The highest BCUT2D eigenvalue weighted by Crippen LogP contribution is 2.39. The summed E-state index contributed by atoms with van der Waals surface area (Å²) in [5.41, 5.74) is 0. The van der Waals surface area contributed by atoms with Crippen LogP contribution in [-0.2, 0) is 9.47 Å². The Bertz CT molecular complexity index is 208. The van der Waals surface area contributed by atoms with Crippen LogP contribution in [0.15, 0.2) is 23.7 Å². The zero-order valence-corrected chi connectivity index (χ0v) is 4.93. The largest absolute Gasteiger partial charge is 0.586 e. The smallest absolute Gasteiger partial charge is 0.396 e. The number of allylic oxidation sites excluding steroid dienone is 2. The second kappa shape index (κ2) is 1.51. The number of halogens is 2. The van der Waals surface area contributed by atoms with E-state index < -0.39 is 6.29 Å². The summed E-state index contributed by atoms with van der Waals surface area (Å²) in [5.74, 6) is 0.315. The van der Waals surface area contributed by atoms with Gasteiger partial charge in [-0.2, -0.15) is 0 Å². The van der Waals surface area contributed by atoms with Crippen molar-refractivity contribution in [1.82, 2.24) is 0 Å². The van der Waals surface area contributed by atoms with E-state index in [-0.39, 0.29) is 11.5 Å². The number of alkyl halides is 2. The summed E-state index contributed by atoms with van der Waals surface area (Å²) in [6.07, 6.45) is 0.269. The molecule has 0 unspecified atom stereocenters. The molecule has 0 spiro atoms. The van der Waals surface area contributed by atoms with Crippen molar-refractivity contribution in [3.63, 3.8) is 0 Å². The highest BCUT2D eigenvalue weighted by molar-refractivity contribution is 5.30. The van der Waals surface area contributed by atoms with Crippen LogP contribution in [0, 0.1) is 0 Å². The Balaban J connectivity index is 2.30. The molecule has 1 saturated heterocycles. The Morgan fingerprint density at radius 1 is 1.20 bits per heavy atom. The SMILES string of the molecule is FC1(F)OC2=CCC=C2O1. The van der Waals surface area contributed by atoms with E-state index >= 15 is 0 Å². The minimum Gasteiger partial charge on any atom is -0.396 e. The predicted octanol–water partition coefficient (Wildman–Crippen LogP) is 1.75. The summed E-state index contributed by atoms with van der Waals surface area (Å²) in [6.45, 7) is 0. The fourth-order valence-corrected chi connectivity index (χ4v) is 0.935. The van der Waals surface area contributed by atoms with Gasteiger partial charge in [-0.1, -0.05) is 0 Å². The zero-order chi connectivity index (χ0) is 7.19. The first-order valence-electron chi connectivity index (χ1n) is 2.84. The molecular formula is C6H4F2O2. The van der Waals surface area contributed by atoms with Gasteiger partial charge < -0.3 is 9.47 Å². The van der Waals surface area contributed by atoms with Crippen molar-refractivity contribution in [1.29, 1.82) is 0 Å². The quantitative estimate of drug-likeness (QED) is 0.518. The van der Waals surface area contributed by atoms with E-state index in [1.54, 1.807) is 12.2 Å². The lowest BCUT2D eigenvalue weighted by atomic mass is 10.5. The fraction of sp³-hybridized carbons (Fsp3) is 0.333. The lowest BCUT2D eigenvalue weighted by molar-refractivity contribution is -0.327. The zero-order valence-electron chi connectivity index (χ0n) is 4.93. The van der Waals surface area contributed by atoms with Gasteiger partial charge in [-0.25, -0.2) is 0 Å². The minimum atomic E-state index is -3.45. The van der Waals surface area contributed by atoms with E-state index in [1.165, 1.54) is 0 Å². The van der Waals surface area contributed by atoms with Crippen molar-refractivity contribution in [2.45, 2.75) is 12.7 Å². The summed E-state index contributed by atoms with van der Waals surface area (Å²) < 4.78 is 32.5. The summed E-state index contributed by atoms with van der Waals surface area (Å²) in [4.78, 5) is 0. The van der Waals surface area contributed by atoms with E-state index in [2.05, 4.69) is 9.47 Å². The van der Waals surface area contributed by atoms with Crippen LogP contribution in [0.4, 0.5) is 8.78 Å². The molecule has 1 aliphatic carbocycles. The van der Waals surface area contributed by atoms with Crippen LogP contribution in [-0.4, -0.2) is 6.29 Å². The number of rotatable bonds is 0. The molecule has 10 heavy (non-hydrogen) atoms. The monoisotopic (exact) mass is 146 g/mol. The molecule has 2 rings (SSSR count). The maximum absolute atomic E-state index is 12.1. The lowest BCUT2D eigenvalue weighted by Crippen LogP contribution is -2.14. The molecule has 1 aliphatic heterocycles. The van der Waals surface area contributed by atoms with Crippen LogP contribution in [0.25, 0.3) is 0 Å². The number of hydrogen-bond acceptors (Lipinski definition) is 2. The van der Waals surface area contributed by atoms with Crippen LogP contribution in [0.1, 0.15) is 6.42 Å². The average Bonchev–Trinajstić information content (AvgIpc) is 2.20. The number of fused-ring (bicyclic) bond motifs is 1.